The lowest BCUT2D eigenvalue weighted by Gasteiger charge is -2.08. The summed E-state index contributed by atoms with van der Waals surface area (Å²) in [5, 5.41) is 9.88. The SMILES string of the molecule is CCCCCCCCCCCc1nc(C(C)O)cn1Cc1ccccc1. The van der Waals surface area contributed by atoms with E-state index in [-0.39, 0.29) is 0 Å². The molecule has 3 nitrogen and oxygen atoms in total. The Kier molecular flexibility index (Phi) is 9.47. The lowest BCUT2D eigenvalue weighted by atomic mass is 10.1. The molecule has 0 radical (unpaired) electrons. The first-order valence-corrected chi connectivity index (χ1v) is 10.5. The number of aromatic nitrogens is 2. The highest BCUT2D eigenvalue weighted by Gasteiger charge is 2.11. The van der Waals surface area contributed by atoms with Gasteiger partial charge in [0.25, 0.3) is 0 Å². The molecular weight excluding hydrogens is 320 g/mol. The summed E-state index contributed by atoms with van der Waals surface area (Å²) in [6.07, 6.45) is 14.5. The Labute approximate surface area is 159 Å². The molecule has 2 rings (SSSR count). The first kappa shape index (κ1) is 20.7. The molecule has 26 heavy (non-hydrogen) atoms. The number of benzene rings is 1. The summed E-state index contributed by atoms with van der Waals surface area (Å²) in [4.78, 5) is 4.69. The standard InChI is InChI=1S/C23H36N2O/c1-3-4-5-6-7-8-9-10-14-17-23-24-22(20(2)26)19-25(23)18-21-15-12-11-13-16-21/h11-13,15-16,19-20,26H,3-10,14,17-18H2,1-2H3. The van der Waals surface area contributed by atoms with Crippen molar-refractivity contribution in [3.63, 3.8) is 0 Å². The lowest BCUT2D eigenvalue weighted by molar-refractivity contribution is 0.194. The molecule has 1 atom stereocenters. The number of aliphatic hydroxyl groups is 1. The Morgan fingerprint density at radius 3 is 2.15 bits per heavy atom. The number of hydrogen-bond acceptors (Lipinski definition) is 2. The zero-order valence-corrected chi connectivity index (χ0v) is 16.7. The van der Waals surface area contributed by atoms with Crippen LogP contribution < -0.4 is 0 Å². The second-order valence-corrected chi connectivity index (χ2v) is 7.45. The van der Waals surface area contributed by atoms with Gasteiger partial charge in [-0.15, -0.1) is 0 Å². The molecule has 0 spiro atoms. The highest BCUT2D eigenvalue weighted by molar-refractivity contribution is 5.17. The minimum atomic E-state index is -0.506. The Morgan fingerprint density at radius 1 is 0.923 bits per heavy atom. The van der Waals surface area contributed by atoms with Gasteiger partial charge in [-0.3, -0.25) is 0 Å². The molecule has 0 aliphatic carbocycles. The number of imidazole rings is 1. The molecule has 0 saturated heterocycles. The van der Waals surface area contributed by atoms with E-state index in [1.165, 1.54) is 63.4 Å². The van der Waals surface area contributed by atoms with Crippen LogP contribution in [-0.4, -0.2) is 14.7 Å². The van der Waals surface area contributed by atoms with E-state index in [4.69, 9.17) is 0 Å². The van der Waals surface area contributed by atoms with E-state index >= 15 is 0 Å². The molecule has 3 heteroatoms. The van der Waals surface area contributed by atoms with E-state index in [1.807, 2.05) is 12.3 Å². The summed E-state index contributed by atoms with van der Waals surface area (Å²) in [6, 6.07) is 10.5. The van der Waals surface area contributed by atoms with Crippen LogP contribution in [0.2, 0.25) is 0 Å². The second kappa shape index (κ2) is 11.9. The molecule has 1 unspecified atom stereocenters. The summed E-state index contributed by atoms with van der Waals surface area (Å²) in [5.74, 6) is 1.10. The van der Waals surface area contributed by atoms with Gasteiger partial charge in [-0.05, 0) is 18.9 Å². The molecule has 0 aliphatic rings. The van der Waals surface area contributed by atoms with Crippen LogP contribution in [0, 0.1) is 0 Å². The molecular formula is C23H36N2O. The van der Waals surface area contributed by atoms with Crippen LogP contribution in [0.15, 0.2) is 36.5 Å². The van der Waals surface area contributed by atoms with Crippen molar-refractivity contribution in [3.8, 4) is 0 Å². The third kappa shape index (κ3) is 7.33. The quantitative estimate of drug-likeness (QED) is 0.443. The number of unbranched alkanes of at least 4 members (excludes halogenated alkanes) is 8. The molecule has 0 amide bonds. The van der Waals surface area contributed by atoms with E-state index in [0.717, 1.165) is 24.5 Å². The molecule has 0 bridgehead atoms. The summed E-state index contributed by atoms with van der Waals surface area (Å²) in [7, 11) is 0. The van der Waals surface area contributed by atoms with E-state index in [2.05, 4.69) is 40.7 Å². The van der Waals surface area contributed by atoms with Crippen molar-refractivity contribution in [3.05, 3.63) is 53.6 Å². The minimum Gasteiger partial charge on any atom is -0.387 e. The van der Waals surface area contributed by atoms with Crippen LogP contribution in [0.25, 0.3) is 0 Å². The van der Waals surface area contributed by atoms with Gasteiger partial charge in [0.05, 0.1) is 11.8 Å². The number of nitrogens with zero attached hydrogens (tertiary/aromatic N) is 2. The summed E-state index contributed by atoms with van der Waals surface area (Å²) >= 11 is 0. The van der Waals surface area contributed by atoms with Crippen LogP contribution in [0.4, 0.5) is 0 Å². The van der Waals surface area contributed by atoms with Gasteiger partial charge in [-0.1, -0.05) is 88.6 Å². The predicted octanol–water partition coefficient (Wildman–Crippen LogP) is 6.06. The van der Waals surface area contributed by atoms with E-state index < -0.39 is 6.10 Å². The van der Waals surface area contributed by atoms with E-state index in [0.29, 0.717) is 0 Å². The average Bonchev–Trinajstić information content (AvgIpc) is 3.04. The van der Waals surface area contributed by atoms with Crippen molar-refractivity contribution in [1.29, 1.82) is 0 Å². The van der Waals surface area contributed by atoms with Crippen molar-refractivity contribution in [2.24, 2.45) is 0 Å². The molecule has 1 aromatic carbocycles. The fraction of sp³-hybridized carbons (Fsp3) is 0.609. The first-order valence-electron chi connectivity index (χ1n) is 10.5. The third-order valence-corrected chi connectivity index (χ3v) is 5.01. The number of aryl methyl sites for hydroxylation is 1. The number of hydrogen-bond donors (Lipinski definition) is 1. The van der Waals surface area contributed by atoms with Gasteiger partial charge in [-0.25, -0.2) is 4.98 Å². The molecule has 144 valence electrons. The van der Waals surface area contributed by atoms with Crippen molar-refractivity contribution in [2.75, 3.05) is 0 Å². The molecule has 0 saturated carbocycles. The topological polar surface area (TPSA) is 38.1 Å². The second-order valence-electron chi connectivity index (χ2n) is 7.45. The van der Waals surface area contributed by atoms with Crippen LogP contribution >= 0.6 is 0 Å². The average molecular weight is 357 g/mol. The van der Waals surface area contributed by atoms with Crippen molar-refractivity contribution in [2.45, 2.75) is 90.7 Å². The van der Waals surface area contributed by atoms with Crippen LogP contribution in [-0.2, 0) is 13.0 Å². The lowest BCUT2D eigenvalue weighted by Crippen LogP contribution is -2.04. The molecule has 1 heterocycles. The predicted molar refractivity (Wildman–Crippen MR) is 109 cm³/mol. The molecule has 0 aliphatic heterocycles. The smallest absolute Gasteiger partial charge is 0.109 e. The Hall–Kier alpha value is -1.61. The molecule has 1 aromatic heterocycles. The largest absolute Gasteiger partial charge is 0.387 e. The summed E-state index contributed by atoms with van der Waals surface area (Å²) in [6.45, 7) is 4.88. The van der Waals surface area contributed by atoms with Gasteiger partial charge in [0, 0.05) is 19.2 Å². The van der Waals surface area contributed by atoms with Crippen molar-refractivity contribution >= 4 is 0 Å². The minimum absolute atomic E-state index is 0.506. The van der Waals surface area contributed by atoms with Crippen LogP contribution in [0.3, 0.4) is 0 Å². The van der Waals surface area contributed by atoms with Gasteiger partial charge in [0.2, 0.25) is 0 Å². The maximum absolute atomic E-state index is 9.88. The normalized spacial score (nSPS) is 12.4. The zero-order chi connectivity index (χ0) is 18.6. The van der Waals surface area contributed by atoms with Gasteiger partial charge in [-0.2, -0.15) is 0 Å². The van der Waals surface area contributed by atoms with Gasteiger partial charge >= 0.3 is 0 Å². The van der Waals surface area contributed by atoms with Crippen LogP contribution in [0.5, 0.6) is 0 Å². The number of rotatable bonds is 13. The highest BCUT2D eigenvalue weighted by Crippen LogP contribution is 2.17. The zero-order valence-electron chi connectivity index (χ0n) is 16.7. The fourth-order valence-electron chi connectivity index (χ4n) is 3.39. The van der Waals surface area contributed by atoms with Crippen molar-refractivity contribution < 1.29 is 5.11 Å². The Morgan fingerprint density at radius 2 is 1.54 bits per heavy atom. The van der Waals surface area contributed by atoms with Gasteiger partial charge < -0.3 is 9.67 Å². The van der Waals surface area contributed by atoms with E-state index in [9.17, 15) is 5.11 Å². The van der Waals surface area contributed by atoms with Gasteiger partial charge in [0.15, 0.2) is 0 Å². The Bertz CT molecular complexity index is 604. The van der Waals surface area contributed by atoms with E-state index in [1.54, 1.807) is 6.92 Å². The maximum Gasteiger partial charge on any atom is 0.109 e. The Balaban J connectivity index is 1.78. The fourth-order valence-corrected chi connectivity index (χ4v) is 3.39. The molecule has 1 N–H and O–H groups in total. The summed E-state index contributed by atoms with van der Waals surface area (Å²) < 4.78 is 2.21. The molecule has 2 aromatic rings. The maximum atomic E-state index is 9.88. The van der Waals surface area contributed by atoms with Crippen LogP contribution in [0.1, 0.15) is 94.8 Å². The number of aliphatic hydroxyl groups excluding tert-OH is 1. The van der Waals surface area contributed by atoms with Gasteiger partial charge in [0.1, 0.15) is 5.82 Å². The first-order chi connectivity index (χ1) is 12.7. The summed E-state index contributed by atoms with van der Waals surface area (Å²) in [5.41, 5.74) is 2.06. The highest BCUT2D eigenvalue weighted by atomic mass is 16.3. The monoisotopic (exact) mass is 356 g/mol. The third-order valence-electron chi connectivity index (χ3n) is 5.01. The van der Waals surface area contributed by atoms with Crippen molar-refractivity contribution in [1.82, 2.24) is 9.55 Å². The molecule has 0 fully saturated rings.